The van der Waals surface area contributed by atoms with Crippen LogP contribution in [0.1, 0.15) is 11.1 Å². The third-order valence-electron chi connectivity index (χ3n) is 2.54. The molecule has 0 saturated carbocycles. The van der Waals surface area contributed by atoms with E-state index in [1.54, 1.807) is 36.4 Å². The number of nitrogens with zero attached hydrogens (tertiary/aromatic N) is 1. The monoisotopic (exact) mass is 292 g/mol. The molecule has 0 aliphatic carbocycles. The molecule has 0 saturated heterocycles. The predicted molar refractivity (Wildman–Crippen MR) is 76.4 cm³/mol. The van der Waals surface area contributed by atoms with Crippen molar-refractivity contribution in [1.82, 2.24) is 0 Å². The van der Waals surface area contributed by atoms with Crippen molar-refractivity contribution in [3.05, 3.63) is 57.6 Å². The van der Waals surface area contributed by atoms with Crippen molar-refractivity contribution in [2.24, 2.45) is 0 Å². The van der Waals surface area contributed by atoms with Gasteiger partial charge in [-0.15, -0.1) is 0 Å². The molecular formula is C14H10Cl2N2O. The van der Waals surface area contributed by atoms with Gasteiger partial charge in [0.2, 0.25) is 0 Å². The van der Waals surface area contributed by atoms with Gasteiger partial charge in [-0.25, -0.2) is 0 Å². The van der Waals surface area contributed by atoms with Crippen molar-refractivity contribution >= 4 is 28.9 Å². The normalized spacial score (nSPS) is 9.95. The first-order valence-electron chi connectivity index (χ1n) is 5.46. The first kappa shape index (κ1) is 13.5. The molecule has 0 heterocycles. The molecule has 0 bridgehead atoms. The van der Waals surface area contributed by atoms with Gasteiger partial charge in [0.1, 0.15) is 12.4 Å². The van der Waals surface area contributed by atoms with Gasteiger partial charge in [0.25, 0.3) is 0 Å². The summed E-state index contributed by atoms with van der Waals surface area (Å²) >= 11 is 11.9. The Hall–Kier alpha value is -1.89. The van der Waals surface area contributed by atoms with E-state index in [4.69, 9.17) is 38.9 Å². The Morgan fingerprint density at radius 2 is 1.95 bits per heavy atom. The summed E-state index contributed by atoms with van der Waals surface area (Å²) in [5, 5.41) is 9.86. The topological polar surface area (TPSA) is 59.0 Å². The average Bonchev–Trinajstić information content (AvgIpc) is 2.39. The van der Waals surface area contributed by atoms with Crippen LogP contribution in [0.25, 0.3) is 0 Å². The van der Waals surface area contributed by atoms with Gasteiger partial charge in [-0.3, -0.25) is 0 Å². The predicted octanol–water partition coefficient (Wildman–Crippen LogP) is 4.03. The Morgan fingerprint density at radius 1 is 1.16 bits per heavy atom. The van der Waals surface area contributed by atoms with E-state index < -0.39 is 0 Å². The molecule has 19 heavy (non-hydrogen) atoms. The molecule has 5 heteroatoms. The van der Waals surface area contributed by atoms with Gasteiger partial charge < -0.3 is 10.5 Å². The second kappa shape index (κ2) is 5.83. The lowest BCUT2D eigenvalue weighted by atomic mass is 10.2. The van der Waals surface area contributed by atoms with E-state index in [1.807, 2.05) is 6.07 Å². The second-order valence-electron chi connectivity index (χ2n) is 3.89. The molecule has 2 aromatic carbocycles. The third-order valence-corrected chi connectivity index (χ3v) is 3.12. The largest absolute Gasteiger partial charge is 0.487 e. The summed E-state index contributed by atoms with van der Waals surface area (Å²) in [5.74, 6) is 0.519. The molecule has 0 atom stereocenters. The fourth-order valence-electron chi connectivity index (χ4n) is 1.54. The van der Waals surface area contributed by atoms with E-state index in [-0.39, 0.29) is 6.61 Å². The molecule has 0 radical (unpaired) electrons. The number of halogens is 2. The number of rotatable bonds is 3. The Labute approximate surface area is 121 Å². The SMILES string of the molecule is N#Cc1ccc(OCc2ccc(Cl)cc2Cl)c(N)c1. The third kappa shape index (κ3) is 3.31. The highest BCUT2D eigenvalue weighted by molar-refractivity contribution is 6.35. The molecule has 96 valence electrons. The first-order valence-corrected chi connectivity index (χ1v) is 6.22. The molecule has 0 unspecified atom stereocenters. The van der Waals surface area contributed by atoms with Gasteiger partial charge in [0.15, 0.2) is 0 Å². The van der Waals surface area contributed by atoms with Crippen LogP contribution in [0.2, 0.25) is 10.0 Å². The van der Waals surface area contributed by atoms with E-state index in [0.717, 1.165) is 5.56 Å². The van der Waals surface area contributed by atoms with E-state index in [9.17, 15) is 0 Å². The van der Waals surface area contributed by atoms with Crippen LogP contribution in [-0.4, -0.2) is 0 Å². The maximum atomic E-state index is 8.75. The van der Waals surface area contributed by atoms with Gasteiger partial charge in [0.05, 0.1) is 17.3 Å². The fourth-order valence-corrected chi connectivity index (χ4v) is 2.01. The van der Waals surface area contributed by atoms with Gasteiger partial charge >= 0.3 is 0 Å². The number of nitriles is 1. The fraction of sp³-hybridized carbons (Fsp3) is 0.0714. The minimum atomic E-state index is 0.284. The highest BCUT2D eigenvalue weighted by Gasteiger charge is 2.05. The van der Waals surface area contributed by atoms with Crippen molar-refractivity contribution < 1.29 is 4.74 Å². The number of nitrogen functional groups attached to an aromatic ring is 1. The Balaban J connectivity index is 2.13. The zero-order chi connectivity index (χ0) is 13.8. The van der Waals surface area contributed by atoms with E-state index in [0.29, 0.717) is 27.0 Å². The van der Waals surface area contributed by atoms with Gasteiger partial charge in [-0.05, 0) is 30.3 Å². The van der Waals surface area contributed by atoms with Crippen LogP contribution in [0.5, 0.6) is 5.75 Å². The molecule has 0 aliphatic heterocycles. The summed E-state index contributed by atoms with van der Waals surface area (Å²) < 4.78 is 5.58. The van der Waals surface area contributed by atoms with Crippen LogP contribution in [0.15, 0.2) is 36.4 Å². The van der Waals surface area contributed by atoms with Crippen LogP contribution >= 0.6 is 23.2 Å². The lowest BCUT2D eigenvalue weighted by Crippen LogP contribution is -1.99. The second-order valence-corrected chi connectivity index (χ2v) is 4.73. The van der Waals surface area contributed by atoms with Crippen LogP contribution in [-0.2, 0) is 6.61 Å². The van der Waals surface area contributed by atoms with Crippen LogP contribution in [0.3, 0.4) is 0 Å². The van der Waals surface area contributed by atoms with Crippen LogP contribution in [0, 0.1) is 11.3 Å². The van der Waals surface area contributed by atoms with Crippen LogP contribution < -0.4 is 10.5 Å². The van der Waals surface area contributed by atoms with E-state index >= 15 is 0 Å². The Bertz CT molecular complexity index is 650. The molecule has 2 aromatic rings. The number of nitrogens with two attached hydrogens (primary N) is 1. The number of hydrogen-bond acceptors (Lipinski definition) is 3. The minimum absolute atomic E-state index is 0.284. The molecule has 2 N–H and O–H groups in total. The van der Waals surface area contributed by atoms with E-state index in [2.05, 4.69) is 0 Å². The molecule has 0 fully saturated rings. The molecule has 0 aliphatic rings. The zero-order valence-corrected chi connectivity index (χ0v) is 11.4. The molecule has 0 spiro atoms. The first-order chi connectivity index (χ1) is 9.10. The highest BCUT2D eigenvalue weighted by Crippen LogP contribution is 2.26. The molecule has 0 amide bonds. The standard InChI is InChI=1S/C14H10Cl2N2O/c15-11-3-2-10(12(16)6-11)8-19-14-4-1-9(7-17)5-13(14)18/h1-6H,8,18H2. The summed E-state index contributed by atoms with van der Waals surface area (Å²) in [6.45, 7) is 0.284. The van der Waals surface area contributed by atoms with Gasteiger partial charge in [-0.1, -0.05) is 29.3 Å². The molecule has 0 aromatic heterocycles. The quantitative estimate of drug-likeness (QED) is 0.869. The summed E-state index contributed by atoms with van der Waals surface area (Å²) in [5.41, 5.74) is 7.52. The minimum Gasteiger partial charge on any atom is -0.487 e. The van der Waals surface area contributed by atoms with Crippen molar-refractivity contribution in [2.45, 2.75) is 6.61 Å². The lowest BCUT2D eigenvalue weighted by Gasteiger charge is -2.10. The van der Waals surface area contributed by atoms with Crippen LogP contribution in [0.4, 0.5) is 5.69 Å². The number of ether oxygens (including phenoxy) is 1. The Morgan fingerprint density at radius 3 is 2.58 bits per heavy atom. The summed E-state index contributed by atoms with van der Waals surface area (Å²) in [7, 11) is 0. The maximum absolute atomic E-state index is 8.75. The van der Waals surface area contributed by atoms with Crippen molar-refractivity contribution in [2.75, 3.05) is 5.73 Å². The average molecular weight is 293 g/mol. The Kier molecular flexibility index (Phi) is 4.16. The van der Waals surface area contributed by atoms with E-state index in [1.165, 1.54) is 0 Å². The zero-order valence-electron chi connectivity index (χ0n) is 9.86. The molecule has 3 nitrogen and oxygen atoms in total. The number of hydrogen-bond donors (Lipinski definition) is 1. The number of anilines is 1. The van der Waals surface area contributed by atoms with Crippen molar-refractivity contribution in [3.63, 3.8) is 0 Å². The van der Waals surface area contributed by atoms with Crippen molar-refractivity contribution in [3.8, 4) is 11.8 Å². The smallest absolute Gasteiger partial charge is 0.142 e. The van der Waals surface area contributed by atoms with Gasteiger partial charge in [-0.2, -0.15) is 5.26 Å². The maximum Gasteiger partial charge on any atom is 0.142 e. The molecule has 2 rings (SSSR count). The summed E-state index contributed by atoms with van der Waals surface area (Å²) in [6, 6.07) is 12.1. The van der Waals surface area contributed by atoms with Gasteiger partial charge in [0, 0.05) is 15.6 Å². The lowest BCUT2D eigenvalue weighted by molar-refractivity contribution is 0.308. The highest BCUT2D eigenvalue weighted by atomic mass is 35.5. The summed E-state index contributed by atoms with van der Waals surface area (Å²) in [6.07, 6.45) is 0. The summed E-state index contributed by atoms with van der Waals surface area (Å²) in [4.78, 5) is 0. The molecular weight excluding hydrogens is 283 g/mol. The van der Waals surface area contributed by atoms with Crippen molar-refractivity contribution in [1.29, 1.82) is 5.26 Å². The number of benzene rings is 2.